The Kier molecular flexibility index (Phi) is 5.50. The highest BCUT2D eigenvalue weighted by Crippen LogP contribution is 2.34. The van der Waals surface area contributed by atoms with Crippen molar-refractivity contribution in [2.75, 3.05) is 11.9 Å². The van der Waals surface area contributed by atoms with Gasteiger partial charge in [0.2, 0.25) is 0 Å². The number of para-hydroxylation sites is 1. The van der Waals surface area contributed by atoms with Crippen LogP contribution >= 0.6 is 0 Å². The van der Waals surface area contributed by atoms with Gasteiger partial charge >= 0.3 is 6.18 Å². The van der Waals surface area contributed by atoms with Crippen LogP contribution in [0.15, 0.2) is 49.6 Å². The number of alkyl halides is 3. The van der Waals surface area contributed by atoms with E-state index in [1.165, 1.54) is 0 Å². The number of amides is 1. The minimum Gasteiger partial charge on any atom is -0.357 e. The molecule has 0 fully saturated rings. The first-order chi connectivity index (χ1) is 15.2. The average Bonchev–Trinajstić information content (AvgIpc) is 3.19. The fourth-order valence-electron chi connectivity index (χ4n) is 3.88. The number of aromatic amines is 1. The molecule has 1 amide bonds. The Hall–Kier alpha value is -3.62. The minimum atomic E-state index is -4.52. The summed E-state index contributed by atoms with van der Waals surface area (Å²) in [6.07, 6.45) is -1.24. The highest BCUT2D eigenvalue weighted by molar-refractivity contribution is 6.00. The van der Waals surface area contributed by atoms with Crippen LogP contribution in [0.2, 0.25) is 0 Å². The molecule has 0 aliphatic carbocycles. The second-order valence-corrected chi connectivity index (χ2v) is 7.67. The third-order valence-corrected chi connectivity index (χ3v) is 5.50. The molecule has 0 bridgehead atoms. The van der Waals surface area contributed by atoms with E-state index in [0.29, 0.717) is 46.5 Å². The van der Waals surface area contributed by atoms with Crippen LogP contribution in [-0.2, 0) is 0 Å². The van der Waals surface area contributed by atoms with Crippen LogP contribution in [0.3, 0.4) is 0 Å². The molecule has 2 aromatic heterocycles. The molecule has 0 saturated heterocycles. The standard InChI is InChI=1S/C23H22F3N5O/c1-4-7-13-11-27-22(32)15-10-17(29-19(13)15)14-8-6-9-16-20(14)31-21(12(3)28-16)30-18(5-2)23(24,25)26/h4-6,8-10,13,18,29H,1-2,7,11H2,3H3,(H,27,32)(H,30,31). The summed E-state index contributed by atoms with van der Waals surface area (Å²) < 4.78 is 39.7. The number of H-pyrrole nitrogens is 1. The fourth-order valence-corrected chi connectivity index (χ4v) is 3.88. The summed E-state index contributed by atoms with van der Waals surface area (Å²) in [6, 6.07) is 5.12. The molecule has 9 heteroatoms. The minimum absolute atomic E-state index is 0.0192. The van der Waals surface area contributed by atoms with Crippen molar-refractivity contribution in [3.63, 3.8) is 0 Å². The van der Waals surface area contributed by atoms with Crippen molar-refractivity contribution in [3.8, 4) is 11.3 Å². The van der Waals surface area contributed by atoms with Gasteiger partial charge in [-0.25, -0.2) is 9.97 Å². The van der Waals surface area contributed by atoms with E-state index in [4.69, 9.17) is 0 Å². The van der Waals surface area contributed by atoms with Crippen molar-refractivity contribution >= 4 is 22.8 Å². The highest BCUT2D eigenvalue weighted by atomic mass is 19.4. The number of carbonyl (C=O) groups excluding carboxylic acids is 1. The maximum Gasteiger partial charge on any atom is 0.412 e. The molecule has 4 rings (SSSR count). The summed E-state index contributed by atoms with van der Waals surface area (Å²) in [6.45, 7) is 9.14. The van der Waals surface area contributed by atoms with Gasteiger partial charge in [-0.1, -0.05) is 24.3 Å². The van der Waals surface area contributed by atoms with Gasteiger partial charge < -0.3 is 15.6 Å². The third-order valence-electron chi connectivity index (χ3n) is 5.50. The Morgan fingerprint density at radius 2 is 2.06 bits per heavy atom. The third kappa shape index (κ3) is 3.86. The SMILES string of the molecule is C=CCC1CNC(=O)c2cc(-c3cccc4nc(C)c(NC(C=C)C(F)(F)F)nc34)[nH]c21. The van der Waals surface area contributed by atoms with E-state index in [1.807, 2.05) is 0 Å². The first kappa shape index (κ1) is 21.6. The monoisotopic (exact) mass is 441 g/mol. The van der Waals surface area contributed by atoms with Gasteiger partial charge in [-0.3, -0.25) is 4.79 Å². The van der Waals surface area contributed by atoms with Gasteiger partial charge in [0.25, 0.3) is 5.91 Å². The van der Waals surface area contributed by atoms with E-state index >= 15 is 0 Å². The number of nitrogens with one attached hydrogen (secondary N) is 3. The molecular formula is C23H22F3N5O. The molecule has 166 valence electrons. The summed E-state index contributed by atoms with van der Waals surface area (Å²) in [5.74, 6) is -0.0910. The summed E-state index contributed by atoms with van der Waals surface area (Å²) in [4.78, 5) is 24.6. The number of hydrogen-bond acceptors (Lipinski definition) is 4. The lowest BCUT2D eigenvalue weighted by Gasteiger charge is -2.21. The van der Waals surface area contributed by atoms with Crippen LogP contribution in [0.4, 0.5) is 19.0 Å². The quantitative estimate of drug-likeness (QED) is 0.477. The van der Waals surface area contributed by atoms with E-state index in [-0.39, 0.29) is 17.6 Å². The molecule has 1 aliphatic rings. The van der Waals surface area contributed by atoms with Crippen LogP contribution in [0.1, 0.15) is 34.1 Å². The number of fused-ring (bicyclic) bond motifs is 2. The van der Waals surface area contributed by atoms with Crippen LogP contribution in [0, 0.1) is 6.92 Å². The lowest BCUT2D eigenvalue weighted by molar-refractivity contribution is -0.132. The number of aromatic nitrogens is 3. The first-order valence-corrected chi connectivity index (χ1v) is 10.1. The molecule has 3 heterocycles. The molecular weight excluding hydrogens is 419 g/mol. The zero-order valence-corrected chi connectivity index (χ0v) is 17.4. The van der Waals surface area contributed by atoms with Gasteiger partial charge in [-0.05, 0) is 25.5 Å². The van der Waals surface area contributed by atoms with Crippen molar-refractivity contribution in [2.45, 2.75) is 31.5 Å². The normalized spacial score (nSPS) is 16.9. The predicted molar refractivity (Wildman–Crippen MR) is 118 cm³/mol. The molecule has 0 radical (unpaired) electrons. The fraction of sp³-hybridized carbons (Fsp3) is 0.261. The molecule has 3 N–H and O–H groups in total. The van der Waals surface area contributed by atoms with Crippen LogP contribution in [0.5, 0.6) is 0 Å². The van der Waals surface area contributed by atoms with Crippen molar-refractivity contribution in [1.82, 2.24) is 20.3 Å². The van der Waals surface area contributed by atoms with Gasteiger partial charge in [0.05, 0.1) is 16.8 Å². The van der Waals surface area contributed by atoms with E-state index < -0.39 is 12.2 Å². The maximum atomic E-state index is 13.2. The summed E-state index contributed by atoms with van der Waals surface area (Å²) in [7, 11) is 0. The molecule has 1 aliphatic heterocycles. The summed E-state index contributed by atoms with van der Waals surface area (Å²) >= 11 is 0. The molecule has 2 atom stereocenters. The number of aryl methyl sites for hydroxylation is 1. The molecule has 0 saturated carbocycles. The van der Waals surface area contributed by atoms with Gasteiger partial charge in [-0.15, -0.1) is 13.2 Å². The van der Waals surface area contributed by atoms with Crippen LogP contribution in [0.25, 0.3) is 22.3 Å². The summed E-state index contributed by atoms with van der Waals surface area (Å²) in [5.41, 5.74) is 3.92. The number of benzene rings is 1. The van der Waals surface area contributed by atoms with Crippen molar-refractivity contribution in [2.24, 2.45) is 0 Å². The number of rotatable bonds is 6. The Morgan fingerprint density at radius 1 is 1.28 bits per heavy atom. The van der Waals surface area contributed by atoms with Gasteiger partial charge in [0.1, 0.15) is 17.4 Å². The Balaban J connectivity index is 1.82. The van der Waals surface area contributed by atoms with E-state index in [9.17, 15) is 18.0 Å². The zero-order valence-electron chi connectivity index (χ0n) is 17.4. The van der Waals surface area contributed by atoms with Crippen molar-refractivity contribution in [1.29, 1.82) is 0 Å². The molecule has 6 nitrogen and oxygen atoms in total. The van der Waals surface area contributed by atoms with Crippen molar-refractivity contribution < 1.29 is 18.0 Å². The second kappa shape index (κ2) is 8.14. The van der Waals surface area contributed by atoms with Gasteiger partial charge in [0.15, 0.2) is 0 Å². The number of halogens is 3. The van der Waals surface area contributed by atoms with E-state index in [1.54, 1.807) is 37.3 Å². The Morgan fingerprint density at radius 3 is 2.75 bits per heavy atom. The van der Waals surface area contributed by atoms with Gasteiger partial charge in [-0.2, -0.15) is 13.2 Å². The van der Waals surface area contributed by atoms with E-state index in [0.717, 1.165) is 11.8 Å². The topological polar surface area (TPSA) is 82.7 Å². The zero-order chi connectivity index (χ0) is 23.0. The number of nitrogens with zero attached hydrogens (tertiary/aromatic N) is 2. The Labute approximate surface area is 182 Å². The average molecular weight is 441 g/mol. The molecule has 32 heavy (non-hydrogen) atoms. The highest BCUT2D eigenvalue weighted by Gasteiger charge is 2.38. The van der Waals surface area contributed by atoms with Crippen LogP contribution in [-0.4, -0.2) is 39.6 Å². The van der Waals surface area contributed by atoms with Gasteiger partial charge in [0, 0.05) is 29.4 Å². The number of hydrogen-bond donors (Lipinski definition) is 3. The first-order valence-electron chi connectivity index (χ1n) is 10.1. The smallest absolute Gasteiger partial charge is 0.357 e. The lowest BCUT2D eigenvalue weighted by Crippen LogP contribution is -2.34. The lowest BCUT2D eigenvalue weighted by atomic mass is 9.94. The van der Waals surface area contributed by atoms with E-state index in [2.05, 4.69) is 38.7 Å². The largest absolute Gasteiger partial charge is 0.412 e. The molecule has 1 aromatic carbocycles. The predicted octanol–water partition coefficient (Wildman–Crippen LogP) is 4.87. The molecule has 3 aromatic rings. The second-order valence-electron chi connectivity index (χ2n) is 7.67. The number of anilines is 1. The number of carbonyl (C=O) groups is 1. The summed E-state index contributed by atoms with van der Waals surface area (Å²) in [5, 5.41) is 5.26. The molecule has 2 unspecified atom stereocenters. The Bertz CT molecular complexity index is 1210. The van der Waals surface area contributed by atoms with Crippen LogP contribution < -0.4 is 10.6 Å². The van der Waals surface area contributed by atoms with Crippen molar-refractivity contribution in [3.05, 3.63) is 66.5 Å². The number of allylic oxidation sites excluding steroid dienone is 1. The maximum absolute atomic E-state index is 13.2. The molecule has 0 spiro atoms.